The SMILES string of the molecule is CC(=O)N(C)c1ccc([N-]CCC[N-]c2ccc(N(C)C(C)=O)cc2)cc1.[Cl][Ti][Cl]. The molecular weight excluding hydrogens is 459 g/mol. The molecule has 0 aromatic heterocycles. The third-order valence-electron chi connectivity index (χ3n) is 4.32. The number of halogens is 2. The van der Waals surface area contributed by atoms with Crippen LogP contribution in [0.2, 0.25) is 0 Å². The Balaban J connectivity index is 0.00000141. The van der Waals surface area contributed by atoms with Gasteiger partial charge in [0.1, 0.15) is 0 Å². The van der Waals surface area contributed by atoms with Crippen molar-refractivity contribution < 1.29 is 26.6 Å². The predicted octanol–water partition coefficient (Wildman–Crippen LogP) is 6.13. The molecule has 0 N–H and O–H groups in total. The molecule has 2 aromatic carbocycles. The summed E-state index contributed by atoms with van der Waals surface area (Å²) in [6, 6.07) is 15.2. The van der Waals surface area contributed by atoms with Crippen molar-refractivity contribution in [1.29, 1.82) is 0 Å². The normalized spacial score (nSPS) is 9.67. The van der Waals surface area contributed by atoms with Gasteiger partial charge in [-0.3, -0.25) is 9.59 Å². The summed E-state index contributed by atoms with van der Waals surface area (Å²) in [5, 5.41) is 9.06. The van der Waals surface area contributed by atoms with E-state index in [0.29, 0.717) is 13.1 Å². The average molecular weight is 485 g/mol. The van der Waals surface area contributed by atoms with Crippen molar-refractivity contribution >= 4 is 53.2 Å². The van der Waals surface area contributed by atoms with Gasteiger partial charge in [-0.05, 0) is 24.3 Å². The number of rotatable bonds is 8. The quantitative estimate of drug-likeness (QED) is 0.334. The van der Waals surface area contributed by atoms with E-state index in [1.807, 2.05) is 48.5 Å². The molecule has 2 rings (SSSR count). The van der Waals surface area contributed by atoms with Crippen molar-refractivity contribution in [3.8, 4) is 0 Å². The Morgan fingerprint density at radius 2 is 1.07 bits per heavy atom. The van der Waals surface area contributed by atoms with Crippen LogP contribution >= 0.6 is 18.6 Å². The second-order valence-corrected chi connectivity index (χ2v) is 8.96. The molecule has 0 radical (unpaired) electrons. The van der Waals surface area contributed by atoms with Crippen LogP contribution in [0.3, 0.4) is 0 Å². The fraction of sp³-hybridized carbons (Fsp3) is 0.333. The number of amides is 2. The zero-order valence-electron chi connectivity index (χ0n) is 17.6. The first-order valence-corrected chi connectivity index (χ1v) is 13.6. The molecule has 2 aromatic rings. The first kappa shape index (κ1) is 26.3. The van der Waals surface area contributed by atoms with Gasteiger partial charge in [0.15, 0.2) is 0 Å². The van der Waals surface area contributed by atoms with Crippen LogP contribution in [0.1, 0.15) is 20.3 Å². The molecule has 0 unspecified atom stereocenters. The number of carbonyl (C=O) groups excluding carboxylic acids is 2. The number of hydrogen-bond acceptors (Lipinski definition) is 2. The Bertz CT molecular complexity index is 723. The molecule has 0 atom stereocenters. The summed E-state index contributed by atoms with van der Waals surface area (Å²) in [6.45, 7) is 4.46. The average Bonchev–Trinajstić information content (AvgIpc) is 2.74. The maximum absolute atomic E-state index is 11.3. The Kier molecular flexibility index (Phi) is 12.5. The molecular formula is C21H26Cl2N4O2Ti-2. The Labute approximate surface area is 195 Å². The fourth-order valence-electron chi connectivity index (χ4n) is 2.41. The van der Waals surface area contributed by atoms with Gasteiger partial charge in [0.2, 0.25) is 11.8 Å². The van der Waals surface area contributed by atoms with Crippen LogP contribution in [-0.2, 0) is 26.6 Å². The van der Waals surface area contributed by atoms with Crippen molar-refractivity contribution in [2.75, 3.05) is 37.0 Å². The van der Waals surface area contributed by atoms with E-state index in [-0.39, 0.29) is 11.8 Å². The molecule has 9 heteroatoms. The maximum atomic E-state index is 11.3. The zero-order valence-corrected chi connectivity index (χ0v) is 20.7. The first-order chi connectivity index (χ1) is 14.3. The van der Waals surface area contributed by atoms with E-state index in [1.165, 1.54) is 13.8 Å². The summed E-state index contributed by atoms with van der Waals surface area (Å²) in [5.74, 6) is 0.00421. The van der Waals surface area contributed by atoms with E-state index >= 15 is 0 Å². The molecule has 30 heavy (non-hydrogen) atoms. The second-order valence-electron chi connectivity index (χ2n) is 6.38. The van der Waals surface area contributed by atoms with Gasteiger partial charge in [0, 0.05) is 39.3 Å². The molecule has 0 aliphatic rings. The number of anilines is 2. The Hall–Kier alpha value is -1.73. The summed E-state index contributed by atoms with van der Waals surface area (Å²) >= 11 is -0.556. The Morgan fingerprint density at radius 3 is 1.33 bits per heavy atom. The molecule has 2 amide bonds. The van der Waals surface area contributed by atoms with Crippen molar-refractivity contribution in [3.63, 3.8) is 0 Å². The zero-order chi connectivity index (χ0) is 22.5. The first-order valence-electron chi connectivity index (χ1n) is 9.30. The third kappa shape index (κ3) is 9.39. The molecule has 0 bridgehead atoms. The van der Waals surface area contributed by atoms with E-state index in [0.717, 1.165) is 29.2 Å². The Morgan fingerprint density at radius 1 is 0.767 bits per heavy atom. The number of hydrogen-bond donors (Lipinski definition) is 0. The molecule has 0 spiro atoms. The molecule has 0 saturated carbocycles. The summed E-state index contributed by atoms with van der Waals surface area (Å²) in [7, 11) is 13.3. The molecule has 0 heterocycles. The van der Waals surface area contributed by atoms with Crippen LogP contribution in [0, 0.1) is 0 Å². The van der Waals surface area contributed by atoms with Crippen LogP contribution in [0.5, 0.6) is 0 Å². The van der Waals surface area contributed by atoms with E-state index in [2.05, 4.69) is 10.6 Å². The van der Waals surface area contributed by atoms with E-state index in [4.69, 9.17) is 18.6 Å². The van der Waals surface area contributed by atoms with Gasteiger partial charge >= 0.3 is 35.6 Å². The summed E-state index contributed by atoms with van der Waals surface area (Å²) < 4.78 is 0. The van der Waals surface area contributed by atoms with Crippen molar-refractivity contribution in [2.24, 2.45) is 0 Å². The molecule has 0 saturated heterocycles. The van der Waals surface area contributed by atoms with E-state index in [1.54, 1.807) is 23.9 Å². The number of carbonyl (C=O) groups is 2. The topological polar surface area (TPSA) is 68.8 Å². The second kappa shape index (κ2) is 14.3. The van der Waals surface area contributed by atoms with Crippen LogP contribution < -0.4 is 9.80 Å². The molecule has 0 aliphatic carbocycles. The number of benzene rings is 2. The van der Waals surface area contributed by atoms with Gasteiger partial charge < -0.3 is 20.4 Å². The predicted molar refractivity (Wildman–Crippen MR) is 123 cm³/mol. The minimum atomic E-state index is -0.556. The van der Waals surface area contributed by atoms with Gasteiger partial charge in [-0.2, -0.15) is 0 Å². The van der Waals surface area contributed by atoms with Gasteiger partial charge in [-0.1, -0.05) is 30.7 Å². The molecule has 162 valence electrons. The molecule has 6 nitrogen and oxygen atoms in total. The summed E-state index contributed by atoms with van der Waals surface area (Å²) in [5.41, 5.74) is 3.50. The van der Waals surface area contributed by atoms with Gasteiger partial charge in [0.05, 0.1) is 0 Å². The van der Waals surface area contributed by atoms with Crippen LogP contribution in [0.15, 0.2) is 48.5 Å². The van der Waals surface area contributed by atoms with Gasteiger partial charge in [-0.15, -0.1) is 24.5 Å². The molecule has 0 fully saturated rings. The summed E-state index contributed by atoms with van der Waals surface area (Å²) in [4.78, 5) is 25.9. The minimum absolute atomic E-state index is 0.00210. The van der Waals surface area contributed by atoms with E-state index in [9.17, 15) is 9.59 Å². The van der Waals surface area contributed by atoms with Crippen LogP contribution in [0.4, 0.5) is 22.7 Å². The van der Waals surface area contributed by atoms with Gasteiger partial charge in [-0.25, -0.2) is 0 Å². The third-order valence-corrected chi connectivity index (χ3v) is 4.32. The van der Waals surface area contributed by atoms with E-state index < -0.39 is 17.0 Å². The van der Waals surface area contributed by atoms with Crippen molar-refractivity contribution in [1.82, 2.24) is 0 Å². The fourth-order valence-corrected chi connectivity index (χ4v) is 2.41. The van der Waals surface area contributed by atoms with Crippen LogP contribution in [-0.4, -0.2) is 39.0 Å². The molecule has 0 aliphatic heterocycles. The summed E-state index contributed by atoms with van der Waals surface area (Å²) in [6.07, 6.45) is 0.851. The van der Waals surface area contributed by atoms with Crippen molar-refractivity contribution in [3.05, 3.63) is 59.2 Å². The van der Waals surface area contributed by atoms with Crippen LogP contribution in [0.25, 0.3) is 10.6 Å². The van der Waals surface area contributed by atoms with Gasteiger partial charge in [0.25, 0.3) is 0 Å². The monoisotopic (exact) mass is 484 g/mol. The standard InChI is InChI=1S/C21H26N4O2.2ClH.Ti/c1-16(26)24(3)20-10-6-18(7-11-20)22-14-5-15-23-19-8-12-21(13-9-19)25(4)17(2)27;;;/h6-13H,5,14-15H2,1-4H3;2*1H;/q-2;;;+2/p-2. The van der Waals surface area contributed by atoms with Crippen molar-refractivity contribution in [2.45, 2.75) is 20.3 Å². The number of nitrogens with zero attached hydrogens (tertiary/aromatic N) is 4.